The summed E-state index contributed by atoms with van der Waals surface area (Å²) in [6, 6.07) is 0.155. The van der Waals surface area contributed by atoms with Gasteiger partial charge in [0.2, 0.25) is 11.8 Å². The van der Waals surface area contributed by atoms with Gasteiger partial charge in [0.05, 0.1) is 0 Å². The third kappa shape index (κ3) is 3.80. The maximum Gasteiger partial charge on any atom is 0.243 e. The zero-order valence-corrected chi connectivity index (χ0v) is 13.6. The van der Waals surface area contributed by atoms with Crippen molar-refractivity contribution in [3.63, 3.8) is 0 Å². The van der Waals surface area contributed by atoms with E-state index in [-0.39, 0.29) is 17.9 Å². The number of rotatable bonds is 5. The fraction of sp³-hybridized carbons (Fsp3) is 0.882. The Bertz CT molecular complexity index is 416. The number of likely N-dealkylation sites (tertiary alicyclic amines) is 1. The van der Waals surface area contributed by atoms with Gasteiger partial charge in [0.25, 0.3) is 0 Å². The third-order valence-corrected chi connectivity index (χ3v) is 5.44. The van der Waals surface area contributed by atoms with E-state index >= 15 is 0 Å². The first-order chi connectivity index (χ1) is 10.6. The Morgan fingerprint density at radius 3 is 2.73 bits per heavy atom. The molecule has 3 rings (SSSR count). The summed E-state index contributed by atoms with van der Waals surface area (Å²) in [5.41, 5.74) is 0. The Morgan fingerprint density at radius 1 is 1.23 bits per heavy atom. The van der Waals surface area contributed by atoms with Crippen LogP contribution in [0.3, 0.4) is 0 Å². The van der Waals surface area contributed by atoms with Gasteiger partial charge in [0, 0.05) is 19.0 Å². The summed E-state index contributed by atoms with van der Waals surface area (Å²) in [4.78, 5) is 26.8. The average molecular weight is 307 g/mol. The summed E-state index contributed by atoms with van der Waals surface area (Å²) in [6.07, 6.45) is 6.97. The minimum atomic E-state index is -0.218. The molecule has 3 fully saturated rings. The highest BCUT2D eigenvalue weighted by Gasteiger charge is 2.37. The van der Waals surface area contributed by atoms with Crippen LogP contribution in [0.2, 0.25) is 0 Å². The van der Waals surface area contributed by atoms with Crippen molar-refractivity contribution in [3.8, 4) is 0 Å². The van der Waals surface area contributed by atoms with Gasteiger partial charge in [-0.1, -0.05) is 6.92 Å². The van der Waals surface area contributed by atoms with Gasteiger partial charge < -0.3 is 15.5 Å². The number of nitrogens with zero attached hydrogens (tertiary/aromatic N) is 1. The SMILES string of the molecule is CC(CC(=O)N1CCCC1C(=O)NC1CC1)C1CCCNC1. The smallest absolute Gasteiger partial charge is 0.243 e. The van der Waals surface area contributed by atoms with Crippen molar-refractivity contribution in [2.45, 2.75) is 64.0 Å². The molecule has 1 saturated carbocycles. The van der Waals surface area contributed by atoms with Crippen LogP contribution in [0.25, 0.3) is 0 Å². The highest BCUT2D eigenvalue weighted by atomic mass is 16.2. The normalized spacial score (nSPS) is 30.1. The fourth-order valence-corrected chi connectivity index (χ4v) is 3.79. The Labute approximate surface area is 133 Å². The second-order valence-corrected chi connectivity index (χ2v) is 7.32. The van der Waals surface area contributed by atoms with Gasteiger partial charge in [0.1, 0.15) is 6.04 Å². The van der Waals surface area contributed by atoms with Gasteiger partial charge in [-0.25, -0.2) is 0 Å². The molecule has 0 aromatic heterocycles. The molecule has 0 bridgehead atoms. The van der Waals surface area contributed by atoms with Crippen LogP contribution in [0.1, 0.15) is 51.9 Å². The topological polar surface area (TPSA) is 61.4 Å². The van der Waals surface area contributed by atoms with Crippen molar-refractivity contribution >= 4 is 11.8 Å². The summed E-state index contributed by atoms with van der Waals surface area (Å²) >= 11 is 0. The number of hydrogen-bond acceptors (Lipinski definition) is 3. The lowest BCUT2D eigenvalue weighted by Crippen LogP contribution is -2.47. The van der Waals surface area contributed by atoms with E-state index in [4.69, 9.17) is 0 Å². The van der Waals surface area contributed by atoms with Crippen LogP contribution in [-0.2, 0) is 9.59 Å². The van der Waals surface area contributed by atoms with E-state index in [1.807, 2.05) is 4.90 Å². The van der Waals surface area contributed by atoms with Crippen molar-refractivity contribution in [1.29, 1.82) is 0 Å². The predicted molar refractivity (Wildman–Crippen MR) is 85.3 cm³/mol. The van der Waals surface area contributed by atoms with E-state index in [0.717, 1.165) is 45.3 Å². The lowest BCUT2D eigenvalue weighted by molar-refractivity contribution is -0.139. The summed E-state index contributed by atoms with van der Waals surface area (Å²) in [5.74, 6) is 1.24. The maximum absolute atomic E-state index is 12.6. The lowest BCUT2D eigenvalue weighted by atomic mass is 9.85. The highest BCUT2D eigenvalue weighted by molar-refractivity contribution is 5.88. The number of amides is 2. The molecule has 3 unspecified atom stereocenters. The molecule has 2 heterocycles. The van der Waals surface area contributed by atoms with Crippen molar-refractivity contribution in [3.05, 3.63) is 0 Å². The largest absolute Gasteiger partial charge is 0.352 e. The first-order valence-corrected chi connectivity index (χ1v) is 8.95. The van der Waals surface area contributed by atoms with Crippen molar-refractivity contribution in [2.75, 3.05) is 19.6 Å². The molecule has 0 spiro atoms. The molecule has 5 heteroatoms. The second-order valence-electron chi connectivity index (χ2n) is 7.32. The van der Waals surface area contributed by atoms with Crippen LogP contribution in [0.15, 0.2) is 0 Å². The molecule has 22 heavy (non-hydrogen) atoms. The summed E-state index contributed by atoms with van der Waals surface area (Å²) < 4.78 is 0. The van der Waals surface area contributed by atoms with Crippen molar-refractivity contribution < 1.29 is 9.59 Å². The standard InChI is InChI=1S/C17H29N3O2/c1-12(13-4-2-8-18-11-13)10-16(21)20-9-3-5-15(20)17(22)19-14-6-7-14/h12-15,18H,2-11H2,1H3,(H,19,22). The monoisotopic (exact) mass is 307 g/mol. The molecule has 3 atom stereocenters. The maximum atomic E-state index is 12.6. The number of piperidine rings is 1. The molecular formula is C17H29N3O2. The molecule has 0 aromatic carbocycles. The van der Waals surface area contributed by atoms with Crippen LogP contribution in [0.4, 0.5) is 0 Å². The lowest BCUT2D eigenvalue weighted by Gasteiger charge is -2.30. The van der Waals surface area contributed by atoms with Crippen molar-refractivity contribution in [2.24, 2.45) is 11.8 Å². The molecule has 2 amide bonds. The quantitative estimate of drug-likeness (QED) is 0.804. The zero-order chi connectivity index (χ0) is 15.5. The number of hydrogen-bond donors (Lipinski definition) is 2. The first-order valence-electron chi connectivity index (χ1n) is 8.95. The predicted octanol–water partition coefficient (Wildman–Crippen LogP) is 1.28. The molecule has 5 nitrogen and oxygen atoms in total. The van der Waals surface area contributed by atoms with E-state index in [0.29, 0.717) is 24.3 Å². The molecular weight excluding hydrogens is 278 g/mol. The number of carbonyl (C=O) groups is 2. The molecule has 0 radical (unpaired) electrons. The van der Waals surface area contributed by atoms with Crippen LogP contribution >= 0.6 is 0 Å². The van der Waals surface area contributed by atoms with Crippen molar-refractivity contribution in [1.82, 2.24) is 15.5 Å². The first kappa shape index (κ1) is 15.8. The van der Waals surface area contributed by atoms with E-state index < -0.39 is 0 Å². The van der Waals surface area contributed by atoms with Crippen LogP contribution < -0.4 is 10.6 Å². The molecule has 124 valence electrons. The summed E-state index contributed by atoms with van der Waals surface area (Å²) in [7, 11) is 0. The summed E-state index contributed by atoms with van der Waals surface area (Å²) in [5, 5.41) is 6.48. The minimum Gasteiger partial charge on any atom is -0.352 e. The molecule has 2 saturated heterocycles. The molecule has 0 aromatic rings. The fourth-order valence-electron chi connectivity index (χ4n) is 3.79. The van der Waals surface area contributed by atoms with Crippen LogP contribution in [0, 0.1) is 11.8 Å². The Morgan fingerprint density at radius 2 is 2.05 bits per heavy atom. The van der Waals surface area contributed by atoms with Gasteiger partial charge in [-0.3, -0.25) is 9.59 Å². The Kier molecular flexibility index (Phi) is 5.01. The van der Waals surface area contributed by atoms with Crippen LogP contribution in [-0.4, -0.2) is 48.4 Å². The minimum absolute atomic E-state index is 0.0698. The second kappa shape index (κ2) is 6.99. The third-order valence-electron chi connectivity index (χ3n) is 5.44. The molecule has 2 aliphatic heterocycles. The Balaban J connectivity index is 1.52. The van der Waals surface area contributed by atoms with E-state index in [1.165, 1.54) is 12.8 Å². The number of carbonyl (C=O) groups excluding carboxylic acids is 2. The van der Waals surface area contributed by atoms with Gasteiger partial charge >= 0.3 is 0 Å². The zero-order valence-electron chi connectivity index (χ0n) is 13.6. The summed E-state index contributed by atoms with van der Waals surface area (Å²) in [6.45, 7) is 5.06. The van der Waals surface area contributed by atoms with Gasteiger partial charge in [-0.2, -0.15) is 0 Å². The van der Waals surface area contributed by atoms with Gasteiger partial charge in [-0.15, -0.1) is 0 Å². The van der Waals surface area contributed by atoms with E-state index in [2.05, 4.69) is 17.6 Å². The van der Waals surface area contributed by atoms with E-state index in [1.54, 1.807) is 0 Å². The number of nitrogens with one attached hydrogen (secondary N) is 2. The highest BCUT2D eigenvalue weighted by Crippen LogP contribution is 2.26. The Hall–Kier alpha value is -1.10. The van der Waals surface area contributed by atoms with Crippen LogP contribution in [0.5, 0.6) is 0 Å². The molecule has 3 aliphatic rings. The molecule has 1 aliphatic carbocycles. The average Bonchev–Trinajstić information content (AvgIpc) is 3.19. The van der Waals surface area contributed by atoms with Gasteiger partial charge in [-0.05, 0) is 63.5 Å². The van der Waals surface area contributed by atoms with Gasteiger partial charge in [0.15, 0.2) is 0 Å². The van der Waals surface area contributed by atoms with E-state index in [9.17, 15) is 9.59 Å². The molecule has 2 N–H and O–H groups in total.